The molecular weight excluding hydrogens is 427 g/mol. The van der Waals surface area contributed by atoms with Gasteiger partial charge < -0.3 is 24.8 Å². The molecule has 0 saturated carbocycles. The van der Waals surface area contributed by atoms with Gasteiger partial charge >= 0.3 is 12.0 Å². The van der Waals surface area contributed by atoms with E-state index >= 15 is 0 Å². The number of carbonyl (C=O) groups is 2. The molecule has 7 nitrogen and oxygen atoms in total. The first-order valence-corrected chi connectivity index (χ1v) is 11.0. The predicted molar refractivity (Wildman–Crippen MR) is 121 cm³/mol. The zero-order chi connectivity index (χ0) is 23.8. The summed E-state index contributed by atoms with van der Waals surface area (Å²) in [6.07, 6.45) is 2.28. The number of urea groups is 1. The van der Waals surface area contributed by atoms with E-state index in [0.29, 0.717) is 46.9 Å². The van der Waals surface area contributed by atoms with Crippen LogP contribution in [0.5, 0.6) is 11.5 Å². The van der Waals surface area contributed by atoms with Gasteiger partial charge in [-0.3, -0.25) is 0 Å². The number of benzene rings is 2. The van der Waals surface area contributed by atoms with Crippen molar-refractivity contribution in [1.29, 1.82) is 0 Å². The van der Waals surface area contributed by atoms with Crippen molar-refractivity contribution in [1.82, 2.24) is 10.6 Å². The molecule has 3 rings (SSSR count). The summed E-state index contributed by atoms with van der Waals surface area (Å²) < 4.78 is 30.5. The van der Waals surface area contributed by atoms with E-state index in [4.69, 9.17) is 14.2 Å². The molecule has 0 aliphatic carbocycles. The minimum Gasteiger partial charge on any atom is -0.490 e. The second-order valence-corrected chi connectivity index (χ2v) is 7.54. The van der Waals surface area contributed by atoms with Gasteiger partial charge in [-0.15, -0.1) is 0 Å². The molecule has 0 radical (unpaired) electrons. The number of rotatable bonds is 10. The number of ether oxygens (including phenoxy) is 3. The molecule has 0 fully saturated rings. The summed E-state index contributed by atoms with van der Waals surface area (Å²) in [7, 11) is 1.31. The van der Waals surface area contributed by atoms with E-state index in [1.807, 2.05) is 13.8 Å². The Morgan fingerprint density at radius 1 is 1.09 bits per heavy atom. The van der Waals surface area contributed by atoms with E-state index in [-0.39, 0.29) is 12.4 Å². The molecule has 2 N–H and O–H groups in total. The summed E-state index contributed by atoms with van der Waals surface area (Å²) in [5, 5.41) is 5.55. The minimum atomic E-state index is -0.710. The van der Waals surface area contributed by atoms with Gasteiger partial charge in [0.1, 0.15) is 12.4 Å². The Morgan fingerprint density at radius 2 is 1.88 bits per heavy atom. The fourth-order valence-corrected chi connectivity index (χ4v) is 3.63. The summed E-state index contributed by atoms with van der Waals surface area (Å²) in [4.78, 5) is 25.0. The maximum atomic E-state index is 14.0. The Balaban J connectivity index is 1.94. The third-order valence-corrected chi connectivity index (χ3v) is 5.28. The summed E-state index contributed by atoms with van der Waals surface area (Å²) in [6.45, 7) is 4.28. The van der Waals surface area contributed by atoms with Gasteiger partial charge in [0.25, 0.3) is 0 Å². The molecule has 0 aromatic heterocycles. The molecule has 2 aromatic carbocycles. The molecule has 1 aliphatic heterocycles. The molecule has 176 valence electrons. The van der Waals surface area contributed by atoms with Crippen LogP contribution in [0.2, 0.25) is 0 Å². The number of hydrogen-bond acceptors (Lipinski definition) is 5. The molecule has 0 saturated heterocycles. The van der Waals surface area contributed by atoms with Crippen molar-refractivity contribution in [2.75, 3.05) is 13.7 Å². The summed E-state index contributed by atoms with van der Waals surface area (Å²) in [6, 6.07) is 10.4. The van der Waals surface area contributed by atoms with Gasteiger partial charge in [-0.2, -0.15) is 0 Å². The number of halogens is 1. The van der Waals surface area contributed by atoms with E-state index in [1.54, 1.807) is 36.4 Å². The van der Waals surface area contributed by atoms with Gasteiger partial charge in [0.05, 0.1) is 25.3 Å². The van der Waals surface area contributed by atoms with Crippen LogP contribution in [0.15, 0.2) is 53.7 Å². The van der Waals surface area contributed by atoms with Crippen LogP contribution in [-0.2, 0) is 16.1 Å². The Morgan fingerprint density at radius 3 is 2.58 bits per heavy atom. The zero-order valence-electron chi connectivity index (χ0n) is 19.1. The number of methoxy groups -OCH3 is 1. The van der Waals surface area contributed by atoms with Gasteiger partial charge in [0, 0.05) is 11.3 Å². The van der Waals surface area contributed by atoms with Gasteiger partial charge in [-0.05, 0) is 43.5 Å². The van der Waals surface area contributed by atoms with Crippen molar-refractivity contribution in [3.63, 3.8) is 0 Å². The third-order valence-electron chi connectivity index (χ3n) is 5.28. The van der Waals surface area contributed by atoms with Crippen LogP contribution in [0.4, 0.5) is 9.18 Å². The van der Waals surface area contributed by atoms with Crippen LogP contribution < -0.4 is 20.1 Å². The smallest absolute Gasteiger partial charge is 0.337 e. The fraction of sp³-hybridized carbons (Fsp3) is 0.360. The Bertz CT molecular complexity index is 1040. The van der Waals surface area contributed by atoms with E-state index in [1.165, 1.54) is 13.2 Å². The molecule has 0 bridgehead atoms. The number of unbranched alkanes of at least 4 members (excludes halogenated alkanes) is 1. The number of esters is 1. The lowest BCUT2D eigenvalue weighted by Crippen LogP contribution is -2.45. The lowest BCUT2D eigenvalue weighted by Gasteiger charge is -2.29. The Hall–Kier alpha value is -3.55. The molecule has 33 heavy (non-hydrogen) atoms. The van der Waals surface area contributed by atoms with E-state index < -0.39 is 18.0 Å². The van der Waals surface area contributed by atoms with Crippen molar-refractivity contribution >= 4 is 12.0 Å². The maximum Gasteiger partial charge on any atom is 0.337 e. The van der Waals surface area contributed by atoms with E-state index in [0.717, 1.165) is 12.8 Å². The average molecular weight is 457 g/mol. The normalized spacial score (nSPS) is 15.5. The van der Waals surface area contributed by atoms with E-state index in [2.05, 4.69) is 10.6 Å². The molecule has 1 unspecified atom stereocenters. The van der Waals surface area contributed by atoms with Crippen LogP contribution in [0.1, 0.15) is 50.3 Å². The first kappa shape index (κ1) is 24.1. The molecule has 0 spiro atoms. The molecule has 1 atom stereocenters. The SMILES string of the molecule is CCCCC1=C(C(=O)OC)C(c2ccc(OCc3ccccc3F)c(OCC)c2)NC(=O)N1. The number of nitrogens with one attached hydrogen (secondary N) is 2. The number of amides is 2. The lowest BCUT2D eigenvalue weighted by molar-refractivity contribution is -0.136. The minimum absolute atomic E-state index is 0.0324. The highest BCUT2D eigenvalue weighted by atomic mass is 19.1. The first-order valence-electron chi connectivity index (χ1n) is 11.0. The standard InChI is InChI=1S/C25H29FN2O5/c1-4-6-11-19-22(24(29)31-3)23(28-25(30)27-19)16-12-13-20(21(14-16)32-5-2)33-15-17-9-7-8-10-18(17)26/h7-10,12-14,23H,4-6,11,15H2,1-3H3,(H2,27,28,30). The van der Waals surface area contributed by atoms with Gasteiger partial charge in [0.2, 0.25) is 0 Å². The van der Waals surface area contributed by atoms with Gasteiger partial charge in [-0.25, -0.2) is 14.0 Å². The molecular formula is C25H29FN2O5. The third kappa shape index (κ3) is 5.83. The topological polar surface area (TPSA) is 85.9 Å². The maximum absolute atomic E-state index is 14.0. The highest BCUT2D eigenvalue weighted by Crippen LogP contribution is 2.36. The van der Waals surface area contributed by atoms with Crippen LogP contribution in [0.3, 0.4) is 0 Å². The molecule has 2 aromatic rings. The second-order valence-electron chi connectivity index (χ2n) is 7.54. The highest BCUT2D eigenvalue weighted by molar-refractivity contribution is 5.95. The van der Waals surface area contributed by atoms with E-state index in [9.17, 15) is 14.0 Å². The molecule has 1 heterocycles. The largest absolute Gasteiger partial charge is 0.490 e. The van der Waals surface area contributed by atoms with Crippen LogP contribution in [-0.4, -0.2) is 25.7 Å². The molecule has 2 amide bonds. The van der Waals surface area contributed by atoms with Crippen LogP contribution in [0, 0.1) is 5.82 Å². The Labute approximate surface area is 192 Å². The van der Waals surface area contributed by atoms with Crippen molar-refractivity contribution in [3.8, 4) is 11.5 Å². The lowest BCUT2D eigenvalue weighted by atomic mass is 9.93. The number of carbonyl (C=O) groups excluding carboxylic acids is 2. The average Bonchev–Trinajstić information content (AvgIpc) is 2.82. The van der Waals surface area contributed by atoms with Crippen LogP contribution >= 0.6 is 0 Å². The first-order chi connectivity index (χ1) is 16.0. The highest BCUT2D eigenvalue weighted by Gasteiger charge is 2.33. The van der Waals surface area contributed by atoms with Gasteiger partial charge in [-0.1, -0.05) is 37.6 Å². The predicted octanol–water partition coefficient (Wildman–Crippen LogP) is 4.77. The monoisotopic (exact) mass is 456 g/mol. The van der Waals surface area contributed by atoms with Gasteiger partial charge in [0.15, 0.2) is 11.5 Å². The van der Waals surface area contributed by atoms with Crippen molar-refractivity contribution < 1.29 is 28.2 Å². The zero-order valence-corrected chi connectivity index (χ0v) is 19.1. The molecule has 1 aliphatic rings. The summed E-state index contributed by atoms with van der Waals surface area (Å²) in [5.74, 6) is -0.00855. The number of hydrogen-bond donors (Lipinski definition) is 2. The van der Waals surface area contributed by atoms with Crippen molar-refractivity contribution in [3.05, 3.63) is 70.7 Å². The Kier molecular flexibility index (Phi) is 8.29. The van der Waals surface area contributed by atoms with Crippen molar-refractivity contribution in [2.24, 2.45) is 0 Å². The van der Waals surface area contributed by atoms with Crippen molar-refractivity contribution in [2.45, 2.75) is 45.8 Å². The fourth-order valence-electron chi connectivity index (χ4n) is 3.63. The second kappa shape index (κ2) is 11.4. The summed E-state index contributed by atoms with van der Waals surface area (Å²) >= 11 is 0. The molecule has 8 heteroatoms. The summed E-state index contributed by atoms with van der Waals surface area (Å²) in [5.41, 5.74) is 1.97. The van der Waals surface area contributed by atoms with Crippen LogP contribution in [0.25, 0.3) is 0 Å². The quantitative estimate of drug-likeness (QED) is 0.503. The number of allylic oxidation sites excluding steroid dienone is 1.